The minimum atomic E-state index is 0.334. The highest BCUT2D eigenvalue weighted by Gasteiger charge is 2.04. The third-order valence-corrected chi connectivity index (χ3v) is 3.84. The topological polar surface area (TPSA) is 43.1 Å². The molecular formula is C15H17NOS. The van der Waals surface area contributed by atoms with Crippen molar-refractivity contribution in [2.75, 3.05) is 5.73 Å². The van der Waals surface area contributed by atoms with E-state index in [1.807, 2.05) is 35.7 Å². The monoisotopic (exact) mass is 259 g/mol. The molecule has 1 aromatic carbocycles. The first-order valence-electron chi connectivity index (χ1n) is 6.12. The molecule has 2 rings (SSSR count). The second kappa shape index (κ2) is 6.36. The highest BCUT2D eigenvalue weighted by atomic mass is 32.1. The molecule has 1 heterocycles. The Morgan fingerprint density at radius 2 is 1.78 bits per heavy atom. The second-order valence-electron chi connectivity index (χ2n) is 4.36. The van der Waals surface area contributed by atoms with Gasteiger partial charge in [0, 0.05) is 23.4 Å². The van der Waals surface area contributed by atoms with E-state index in [-0.39, 0.29) is 0 Å². The average molecular weight is 259 g/mol. The van der Waals surface area contributed by atoms with Gasteiger partial charge in [0.05, 0.1) is 0 Å². The van der Waals surface area contributed by atoms with Crippen LogP contribution in [0.25, 0.3) is 0 Å². The van der Waals surface area contributed by atoms with Crippen LogP contribution < -0.4 is 5.73 Å². The Balaban J connectivity index is 1.73. The molecule has 0 aliphatic heterocycles. The molecule has 0 spiro atoms. The van der Waals surface area contributed by atoms with E-state index in [4.69, 9.17) is 5.73 Å². The molecule has 2 nitrogen and oxygen atoms in total. The summed E-state index contributed by atoms with van der Waals surface area (Å²) in [5.41, 5.74) is 7.56. The third-order valence-electron chi connectivity index (χ3n) is 2.90. The number of nitrogens with two attached hydrogens (primary N) is 1. The van der Waals surface area contributed by atoms with Crippen molar-refractivity contribution in [3.8, 4) is 0 Å². The quantitative estimate of drug-likeness (QED) is 0.807. The molecule has 0 amide bonds. The zero-order valence-corrected chi connectivity index (χ0v) is 11.1. The van der Waals surface area contributed by atoms with Crippen LogP contribution in [-0.4, -0.2) is 5.78 Å². The molecule has 94 valence electrons. The third kappa shape index (κ3) is 4.00. The summed E-state index contributed by atoms with van der Waals surface area (Å²) in [5, 5.41) is 2.05. The summed E-state index contributed by atoms with van der Waals surface area (Å²) in [6.45, 7) is 0. The molecule has 0 bridgehead atoms. The van der Waals surface area contributed by atoms with Gasteiger partial charge in [-0.05, 0) is 42.0 Å². The second-order valence-corrected chi connectivity index (χ2v) is 5.39. The zero-order chi connectivity index (χ0) is 12.8. The number of nitrogen functional groups attached to an aromatic ring is 1. The summed E-state index contributed by atoms with van der Waals surface area (Å²) in [4.78, 5) is 13.0. The fraction of sp³-hybridized carbons (Fsp3) is 0.267. The molecule has 2 aromatic rings. The van der Waals surface area contributed by atoms with Gasteiger partial charge in [-0.15, -0.1) is 11.3 Å². The summed E-state index contributed by atoms with van der Waals surface area (Å²) < 4.78 is 0. The van der Waals surface area contributed by atoms with E-state index in [0.29, 0.717) is 18.6 Å². The van der Waals surface area contributed by atoms with Gasteiger partial charge in [0.15, 0.2) is 0 Å². The van der Waals surface area contributed by atoms with Gasteiger partial charge in [0.1, 0.15) is 5.78 Å². The number of hydrogen-bond acceptors (Lipinski definition) is 3. The standard InChI is InChI=1S/C15H17NOS/c16-13-6-3-12(4-7-13)5-8-14(17)9-10-15-2-1-11-18-15/h1-4,6-7,11H,5,8-10,16H2. The van der Waals surface area contributed by atoms with Crippen molar-refractivity contribution < 1.29 is 4.79 Å². The number of aryl methyl sites for hydroxylation is 2. The average Bonchev–Trinajstić information content (AvgIpc) is 2.89. The fourth-order valence-electron chi connectivity index (χ4n) is 1.81. The maximum Gasteiger partial charge on any atom is 0.133 e. The number of carbonyl (C=O) groups is 1. The number of benzene rings is 1. The minimum Gasteiger partial charge on any atom is -0.399 e. The molecule has 2 N–H and O–H groups in total. The molecule has 0 atom stereocenters. The van der Waals surface area contributed by atoms with Crippen molar-refractivity contribution in [3.63, 3.8) is 0 Å². The fourth-order valence-corrected chi connectivity index (χ4v) is 2.52. The van der Waals surface area contributed by atoms with E-state index in [0.717, 1.165) is 18.5 Å². The maximum atomic E-state index is 11.8. The van der Waals surface area contributed by atoms with Crippen molar-refractivity contribution in [2.45, 2.75) is 25.7 Å². The van der Waals surface area contributed by atoms with Crippen LogP contribution in [0.4, 0.5) is 5.69 Å². The first-order chi connectivity index (χ1) is 8.74. The number of carbonyl (C=O) groups excluding carboxylic acids is 1. The van der Waals surface area contributed by atoms with E-state index < -0.39 is 0 Å². The molecule has 0 unspecified atom stereocenters. The lowest BCUT2D eigenvalue weighted by molar-refractivity contribution is -0.119. The van der Waals surface area contributed by atoms with Gasteiger partial charge in [-0.2, -0.15) is 0 Å². The molecule has 0 saturated heterocycles. The van der Waals surface area contributed by atoms with Crippen molar-refractivity contribution in [1.82, 2.24) is 0 Å². The zero-order valence-electron chi connectivity index (χ0n) is 10.3. The molecule has 0 aliphatic carbocycles. The van der Waals surface area contributed by atoms with E-state index >= 15 is 0 Å². The Hall–Kier alpha value is -1.61. The maximum absolute atomic E-state index is 11.8. The number of hydrogen-bond donors (Lipinski definition) is 1. The number of rotatable bonds is 6. The van der Waals surface area contributed by atoms with Crippen molar-refractivity contribution >= 4 is 22.8 Å². The predicted molar refractivity (Wildman–Crippen MR) is 76.8 cm³/mol. The normalized spacial score (nSPS) is 10.4. The Morgan fingerprint density at radius 3 is 2.44 bits per heavy atom. The minimum absolute atomic E-state index is 0.334. The van der Waals surface area contributed by atoms with Crippen LogP contribution in [0.5, 0.6) is 0 Å². The Kier molecular flexibility index (Phi) is 4.53. The Bertz CT molecular complexity index is 488. The predicted octanol–water partition coefficient (Wildman–Crippen LogP) is 3.46. The molecule has 3 heteroatoms. The lowest BCUT2D eigenvalue weighted by atomic mass is 10.0. The van der Waals surface area contributed by atoms with Gasteiger partial charge in [0.25, 0.3) is 0 Å². The molecule has 18 heavy (non-hydrogen) atoms. The number of thiophene rings is 1. The molecule has 0 saturated carbocycles. The molecule has 0 fully saturated rings. The Labute approximate surface area is 111 Å². The van der Waals surface area contributed by atoms with Crippen LogP contribution in [-0.2, 0) is 17.6 Å². The van der Waals surface area contributed by atoms with Crippen LogP contribution in [0.2, 0.25) is 0 Å². The van der Waals surface area contributed by atoms with Gasteiger partial charge < -0.3 is 5.73 Å². The van der Waals surface area contributed by atoms with Crippen LogP contribution >= 0.6 is 11.3 Å². The van der Waals surface area contributed by atoms with Crippen LogP contribution in [0.3, 0.4) is 0 Å². The summed E-state index contributed by atoms with van der Waals surface area (Å²) >= 11 is 1.71. The molecule has 0 aliphatic rings. The molecule has 1 aromatic heterocycles. The summed E-state index contributed by atoms with van der Waals surface area (Å²) in [5.74, 6) is 0.334. The van der Waals surface area contributed by atoms with E-state index in [1.165, 1.54) is 10.4 Å². The van der Waals surface area contributed by atoms with Crippen molar-refractivity contribution in [3.05, 3.63) is 52.2 Å². The summed E-state index contributed by atoms with van der Waals surface area (Å²) in [7, 11) is 0. The number of Topliss-reactive ketones (excluding diaryl/α,β-unsaturated/α-hetero) is 1. The largest absolute Gasteiger partial charge is 0.399 e. The molecule has 0 radical (unpaired) electrons. The van der Waals surface area contributed by atoms with E-state index in [1.54, 1.807) is 11.3 Å². The van der Waals surface area contributed by atoms with Crippen LogP contribution in [0, 0.1) is 0 Å². The summed E-state index contributed by atoms with van der Waals surface area (Å²) in [6.07, 6.45) is 2.95. The number of anilines is 1. The highest BCUT2D eigenvalue weighted by molar-refractivity contribution is 7.09. The number of ketones is 1. The van der Waals surface area contributed by atoms with Crippen LogP contribution in [0.15, 0.2) is 41.8 Å². The summed E-state index contributed by atoms with van der Waals surface area (Å²) in [6, 6.07) is 11.8. The van der Waals surface area contributed by atoms with Gasteiger partial charge in [-0.1, -0.05) is 18.2 Å². The smallest absolute Gasteiger partial charge is 0.133 e. The van der Waals surface area contributed by atoms with Crippen LogP contribution in [0.1, 0.15) is 23.3 Å². The SMILES string of the molecule is Nc1ccc(CCC(=O)CCc2cccs2)cc1. The van der Waals surface area contributed by atoms with Gasteiger partial charge in [-0.3, -0.25) is 4.79 Å². The van der Waals surface area contributed by atoms with Gasteiger partial charge >= 0.3 is 0 Å². The Morgan fingerprint density at radius 1 is 1.06 bits per heavy atom. The van der Waals surface area contributed by atoms with Gasteiger partial charge in [-0.25, -0.2) is 0 Å². The first kappa shape index (κ1) is 12.8. The molecular weight excluding hydrogens is 242 g/mol. The highest BCUT2D eigenvalue weighted by Crippen LogP contribution is 2.13. The van der Waals surface area contributed by atoms with Crippen molar-refractivity contribution in [2.24, 2.45) is 0 Å². The lowest BCUT2D eigenvalue weighted by Crippen LogP contribution is -2.01. The van der Waals surface area contributed by atoms with Crippen molar-refractivity contribution in [1.29, 1.82) is 0 Å². The van der Waals surface area contributed by atoms with Gasteiger partial charge in [0.2, 0.25) is 0 Å². The lowest BCUT2D eigenvalue weighted by Gasteiger charge is -2.02. The van der Waals surface area contributed by atoms with E-state index in [9.17, 15) is 4.79 Å². The first-order valence-corrected chi connectivity index (χ1v) is 7.00. The van der Waals surface area contributed by atoms with E-state index in [2.05, 4.69) is 6.07 Å².